The van der Waals surface area contributed by atoms with Gasteiger partial charge in [-0.25, -0.2) is 4.98 Å². The molecule has 3 rings (SSSR count). The summed E-state index contributed by atoms with van der Waals surface area (Å²) in [5.74, 6) is 0.143. The molecule has 112 valence electrons. The zero-order valence-electron chi connectivity index (χ0n) is 11.8. The summed E-state index contributed by atoms with van der Waals surface area (Å²) in [5, 5.41) is 23.0. The molecule has 0 spiro atoms. The first-order chi connectivity index (χ1) is 11.2. The van der Waals surface area contributed by atoms with Crippen molar-refractivity contribution in [1.29, 1.82) is 5.26 Å². The standard InChI is InChI=1S/C16H11N5O2/c17-9-14(21-20-10-4-3-5-11(22)8-10)15-18-13-7-2-1-6-12(13)16(23)19-15/h1-8,20,22H,(H,18,19,23)/b21-14-. The molecule has 3 aromatic rings. The molecule has 0 aliphatic rings. The Morgan fingerprint density at radius 2 is 2.09 bits per heavy atom. The number of benzene rings is 2. The van der Waals surface area contributed by atoms with E-state index in [0.717, 1.165) is 0 Å². The number of aromatic nitrogens is 2. The second-order valence-electron chi connectivity index (χ2n) is 4.67. The first kappa shape index (κ1) is 14.3. The molecule has 0 radical (unpaired) electrons. The molecule has 0 saturated carbocycles. The lowest BCUT2D eigenvalue weighted by atomic mass is 10.2. The topological polar surface area (TPSA) is 114 Å². The Balaban J connectivity index is 1.99. The summed E-state index contributed by atoms with van der Waals surface area (Å²) < 4.78 is 0. The maximum atomic E-state index is 12.0. The molecular formula is C16H11N5O2. The Bertz CT molecular complexity index is 1000. The number of phenolic OH excluding ortho intramolecular Hbond substituents is 1. The van der Waals surface area contributed by atoms with Crippen molar-refractivity contribution in [2.75, 3.05) is 5.43 Å². The van der Waals surface area contributed by atoms with Crippen LogP contribution in [-0.4, -0.2) is 20.8 Å². The van der Waals surface area contributed by atoms with Gasteiger partial charge in [-0.05, 0) is 24.3 Å². The highest BCUT2D eigenvalue weighted by Crippen LogP contribution is 2.15. The quantitative estimate of drug-likeness (QED) is 0.505. The van der Waals surface area contributed by atoms with Crippen molar-refractivity contribution >= 4 is 22.3 Å². The van der Waals surface area contributed by atoms with Gasteiger partial charge < -0.3 is 10.1 Å². The fraction of sp³-hybridized carbons (Fsp3) is 0. The van der Waals surface area contributed by atoms with E-state index in [1.165, 1.54) is 12.1 Å². The molecule has 23 heavy (non-hydrogen) atoms. The van der Waals surface area contributed by atoms with Gasteiger partial charge in [0.2, 0.25) is 5.71 Å². The van der Waals surface area contributed by atoms with Crippen LogP contribution in [0.5, 0.6) is 5.75 Å². The van der Waals surface area contributed by atoms with E-state index >= 15 is 0 Å². The number of hydrazone groups is 1. The van der Waals surface area contributed by atoms with Crippen LogP contribution < -0.4 is 11.0 Å². The fourth-order valence-corrected chi connectivity index (χ4v) is 2.03. The monoisotopic (exact) mass is 305 g/mol. The number of aromatic amines is 1. The number of hydrogen-bond donors (Lipinski definition) is 3. The highest BCUT2D eigenvalue weighted by molar-refractivity contribution is 6.10. The third-order valence-corrected chi connectivity index (χ3v) is 3.09. The van der Waals surface area contributed by atoms with E-state index in [0.29, 0.717) is 16.6 Å². The SMILES string of the molecule is N#C/C(=N/Nc1cccc(O)c1)c1nc2ccccc2c(=O)[nH]1. The van der Waals surface area contributed by atoms with E-state index < -0.39 is 0 Å². The maximum absolute atomic E-state index is 12.0. The summed E-state index contributed by atoms with van der Waals surface area (Å²) >= 11 is 0. The van der Waals surface area contributed by atoms with E-state index in [2.05, 4.69) is 20.5 Å². The van der Waals surface area contributed by atoms with Crippen molar-refractivity contribution in [2.24, 2.45) is 5.10 Å². The molecule has 7 heteroatoms. The zero-order chi connectivity index (χ0) is 16.2. The van der Waals surface area contributed by atoms with Crippen molar-refractivity contribution in [3.8, 4) is 11.8 Å². The van der Waals surface area contributed by atoms with Crippen LogP contribution in [0.15, 0.2) is 58.4 Å². The second-order valence-corrected chi connectivity index (χ2v) is 4.67. The normalized spacial score (nSPS) is 11.2. The molecule has 0 unspecified atom stereocenters. The molecule has 1 aromatic heterocycles. The minimum atomic E-state index is -0.342. The Kier molecular flexibility index (Phi) is 3.72. The van der Waals surface area contributed by atoms with Gasteiger partial charge in [-0.3, -0.25) is 10.2 Å². The first-order valence-electron chi connectivity index (χ1n) is 6.69. The number of nitriles is 1. The Morgan fingerprint density at radius 1 is 1.26 bits per heavy atom. The van der Waals surface area contributed by atoms with Crippen molar-refractivity contribution in [1.82, 2.24) is 9.97 Å². The summed E-state index contributed by atoms with van der Waals surface area (Å²) in [5.41, 5.74) is 3.21. The molecule has 0 amide bonds. The first-order valence-corrected chi connectivity index (χ1v) is 6.69. The van der Waals surface area contributed by atoms with Gasteiger partial charge in [0.25, 0.3) is 5.56 Å². The Hall–Kier alpha value is -3.66. The summed E-state index contributed by atoms with van der Waals surface area (Å²) in [4.78, 5) is 18.8. The summed E-state index contributed by atoms with van der Waals surface area (Å²) in [6.45, 7) is 0. The van der Waals surface area contributed by atoms with Gasteiger partial charge in [0.05, 0.1) is 16.6 Å². The van der Waals surface area contributed by atoms with E-state index in [4.69, 9.17) is 0 Å². The number of nitrogens with zero attached hydrogens (tertiary/aromatic N) is 3. The van der Waals surface area contributed by atoms with E-state index in [1.807, 2.05) is 6.07 Å². The molecule has 1 heterocycles. The lowest BCUT2D eigenvalue weighted by molar-refractivity contribution is 0.475. The van der Waals surface area contributed by atoms with E-state index in [9.17, 15) is 15.2 Å². The van der Waals surface area contributed by atoms with Gasteiger partial charge >= 0.3 is 0 Å². The van der Waals surface area contributed by atoms with Gasteiger partial charge in [-0.1, -0.05) is 18.2 Å². The predicted molar refractivity (Wildman–Crippen MR) is 86.2 cm³/mol. The van der Waals surface area contributed by atoms with E-state index in [-0.39, 0.29) is 22.8 Å². The molecule has 0 bridgehead atoms. The van der Waals surface area contributed by atoms with Crippen LogP contribution in [0.2, 0.25) is 0 Å². The molecule has 2 aromatic carbocycles. The molecule has 0 fully saturated rings. The molecular weight excluding hydrogens is 294 g/mol. The number of aromatic hydroxyl groups is 1. The average Bonchev–Trinajstić information content (AvgIpc) is 2.56. The van der Waals surface area contributed by atoms with Crippen molar-refractivity contribution in [3.05, 3.63) is 64.7 Å². The van der Waals surface area contributed by atoms with Crippen molar-refractivity contribution in [3.63, 3.8) is 0 Å². The number of anilines is 1. The largest absolute Gasteiger partial charge is 0.508 e. The molecule has 3 N–H and O–H groups in total. The summed E-state index contributed by atoms with van der Waals surface area (Å²) in [6.07, 6.45) is 0. The highest BCUT2D eigenvalue weighted by Gasteiger charge is 2.09. The second kappa shape index (κ2) is 5.99. The number of nitrogens with one attached hydrogen (secondary N) is 2. The van der Waals surface area contributed by atoms with Crippen LogP contribution in [0.25, 0.3) is 10.9 Å². The van der Waals surface area contributed by atoms with Crippen molar-refractivity contribution < 1.29 is 5.11 Å². The zero-order valence-corrected chi connectivity index (χ0v) is 11.8. The Labute approximate surface area is 130 Å². The lowest BCUT2D eigenvalue weighted by Crippen LogP contribution is -2.16. The molecule has 0 aliphatic carbocycles. The minimum Gasteiger partial charge on any atom is -0.508 e. The number of hydrogen-bond acceptors (Lipinski definition) is 6. The fourth-order valence-electron chi connectivity index (χ4n) is 2.03. The number of fused-ring (bicyclic) bond motifs is 1. The van der Waals surface area contributed by atoms with Crippen LogP contribution in [0.3, 0.4) is 0 Å². The number of H-pyrrole nitrogens is 1. The minimum absolute atomic E-state index is 0.0703. The predicted octanol–water partition coefficient (Wildman–Crippen LogP) is 1.97. The molecule has 0 aliphatic heterocycles. The Morgan fingerprint density at radius 3 is 2.87 bits per heavy atom. The summed E-state index contributed by atoms with van der Waals surface area (Å²) in [7, 11) is 0. The van der Waals surface area contributed by atoms with E-state index in [1.54, 1.807) is 36.4 Å². The lowest BCUT2D eigenvalue weighted by Gasteiger charge is -2.03. The van der Waals surface area contributed by atoms with Crippen LogP contribution >= 0.6 is 0 Å². The van der Waals surface area contributed by atoms with Crippen LogP contribution in [0.4, 0.5) is 5.69 Å². The van der Waals surface area contributed by atoms with Crippen molar-refractivity contribution in [2.45, 2.75) is 0 Å². The average molecular weight is 305 g/mol. The maximum Gasteiger partial charge on any atom is 0.259 e. The van der Waals surface area contributed by atoms with Gasteiger partial charge in [0, 0.05) is 6.07 Å². The smallest absolute Gasteiger partial charge is 0.259 e. The van der Waals surface area contributed by atoms with Crippen LogP contribution in [0.1, 0.15) is 5.82 Å². The molecule has 7 nitrogen and oxygen atoms in total. The van der Waals surface area contributed by atoms with Gasteiger partial charge in [-0.2, -0.15) is 10.4 Å². The summed E-state index contributed by atoms with van der Waals surface area (Å²) in [6, 6.07) is 15.0. The van der Waals surface area contributed by atoms with Crippen LogP contribution in [-0.2, 0) is 0 Å². The number of phenols is 1. The van der Waals surface area contributed by atoms with Crippen LogP contribution in [0, 0.1) is 11.3 Å². The third kappa shape index (κ3) is 3.01. The highest BCUT2D eigenvalue weighted by atomic mass is 16.3. The number of rotatable bonds is 3. The third-order valence-electron chi connectivity index (χ3n) is 3.09. The molecule has 0 saturated heterocycles. The number of para-hydroxylation sites is 1. The van der Waals surface area contributed by atoms with Gasteiger partial charge in [-0.15, -0.1) is 0 Å². The van der Waals surface area contributed by atoms with Gasteiger partial charge in [0.1, 0.15) is 11.8 Å². The molecule has 0 atom stereocenters. The van der Waals surface area contributed by atoms with Gasteiger partial charge in [0.15, 0.2) is 5.82 Å².